The number of thioether (sulfide) groups is 1. The van der Waals surface area contributed by atoms with Crippen molar-refractivity contribution in [1.29, 1.82) is 0 Å². The van der Waals surface area contributed by atoms with Gasteiger partial charge in [-0.05, 0) is 31.2 Å². The van der Waals surface area contributed by atoms with Gasteiger partial charge < -0.3 is 9.97 Å². The summed E-state index contributed by atoms with van der Waals surface area (Å²) in [5.41, 5.74) is 2.54. The summed E-state index contributed by atoms with van der Waals surface area (Å²) in [5.74, 6) is 0.652. The number of hydrogen-bond donors (Lipinski definition) is 2. The molecule has 1 atom stereocenters. The molecule has 0 amide bonds. The average molecular weight is 322 g/mol. The molecule has 0 radical (unpaired) electrons. The molecule has 0 fully saturated rings. The Morgan fingerprint density at radius 3 is 2.52 bits per heavy atom. The van der Waals surface area contributed by atoms with Gasteiger partial charge in [0, 0.05) is 0 Å². The third-order valence-corrected chi connectivity index (χ3v) is 4.67. The summed E-state index contributed by atoms with van der Waals surface area (Å²) in [6, 6.07) is 15.3. The lowest BCUT2D eigenvalue weighted by molar-refractivity contribution is 0.914. The van der Waals surface area contributed by atoms with Crippen LogP contribution in [0.15, 0.2) is 58.5 Å². The number of nitrogens with one attached hydrogen (secondary N) is 2. The van der Waals surface area contributed by atoms with Crippen molar-refractivity contribution in [3.8, 4) is 0 Å². The summed E-state index contributed by atoms with van der Waals surface area (Å²) in [5, 5.41) is 1.40. The maximum atomic E-state index is 12.2. The lowest BCUT2D eigenvalue weighted by atomic mass is 10.2. The molecule has 2 aromatic heterocycles. The first-order valence-corrected chi connectivity index (χ1v) is 8.19. The highest BCUT2D eigenvalue weighted by atomic mass is 32.2. The minimum Gasteiger partial charge on any atom is -0.333 e. The molecule has 0 aliphatic heterocycles. The molecule has 6 heteroatoms. The molecule has 0 saturated carbocycles. The van der Waals surface area contributed by atoms with Crippen molar-refractivity contribution in [3.05, 3.63) is 64.7 Å². The van der Waals surface area contributed by atoms with E-state index >= 15 is 0 Å². The van der Waals surface area contributed by atoms with E-state index in [0.29, 0.717) is 16.7 Å². The summed E-state index contributed by atoms with van der Waals surface area (Å²) in [6.07, 6.45) is 0. The van der Waals surface area contributed by atoms with Gasteiger partial charge in [-0.25, -0.2) is 9.97 Å². The zero-order valence-electron chi connectivity index (χ0n) is 12.4. The number of fused-ring (bicyclic) bond motifs is 2. The Morgan fingerprint density at radius 2 is 1.70 bits per heavy atom. The molecule has 0 spiro atoms. The second-order valence-corrected chi connectivity index (χ2v) is 6.62. The Labute approximate surface area is 136 Å². The van der Waals surface area contributed by atoms with Crippen LogP contribution in [0.25, 0.3) is 21.9 Å². The number of aromatic amines is 2. The lowest BCUT2D eigenvalue weighted by Crippen LogP contribution is -2.12. The van der Waals surface area contributed by atoms with E-state index in [2.05, 4.69) is 19.9 Å². The zero-order chi connectivity index (χ0) is 15.8. The Kier molecular flexibility index (Phi) is 3.38. The van der Waals surface area contributed by atoms with E-state index in [9.17, 15) is 4.79 Å². The number of aromatic nitrogens is 4. The van der Waals surface area contributed by atoms with Crippen molar-refractivity contribution >= 4 is 33.7 Å². The van der Waals surface area contributed by atoms with Gasteiger partial charge in [0.2, 0.25) is 0 Å². The maximum absolute atomic E-state index is 12.2. The minimum atomic E-state index is -0.109. The van der Waals surface area contributed by atoms with Gasteiger partial charge in [0.05, 0.1) is 27.2 Å². The van der Waals surface area contributed by atoms with Gasteiger partial charge in [-0.2, -0.15) is 0 Å². The Bertz CT molecular complexity index is 1020. The van der Waals surface area contributed by atoms with Gasteiger partial charge in [-0.15, -0.1) is 0 Å². The van der Waals surface area contributed by atoms with Crippen LogP contribution in [0.2, 0.25) is 0 Å². The number of nitrogens with zero attached hydrogens (tertiary/aromatic N) is 2. The molecular weight excluding hydrogens is 308 g/mol. The number of imidazole rings is 1. The van der Waals surface area contributed by atoms with Crippen LogP contribution >= 0.6 is 11.8 Å². The topological polar surface area (TPSA) is 74.4 Å². The van der Waals surface area contributed by atoms with E-state index < -0.39 is 0 Å². The molecule has 0 bridgehead atoms. The third kappa shape index (κ3) is 2.61. The molecule has 2 N–H and O–H groups in total. The number of para-hydroxylation sites is 3. The fourth-order valence-electron chi connectivity index (χ4n) is 2.51. The molecule has 4 rings (SSSR count). The van der Waals surface area contributed by atoms with Crippen molar-refractivity contribution in [1.82, 2.24) is 19.9 Å². The van der Waals surface area contributed by atoms with Gasteiger partial charge in [0.25, 0.3) is 5.56 Å². The van der Waals surface area contributed by atoms with Crippen LogP contribution in [0, 0.1) is 0 Å². The van der Waals surface area contributed by atoms with Crippen LogP contribution in [0.3, 0.4) is 0 Å². The quantitative estimate of drug-likeness (QED) is 0.565. The lowest BCUT2D eigenvalue weighted by Gasteiger charge is -2.09. The predicted octanol–water partition coefficient (Wildman–Crippen LogP) is 3.65. The SMILES string of the molecule is C[C@@H](Sc1nc2ccccc2[nH]1)c1nc2ccccc2c(=O)[nH]1. The predicted molar refractivity (Wildman–Crippen MR) is 92.7 cm³/mol. The second-order valence-electron chi connectivity index (χ2n) is 5.29. The highest BCUT2D eigenvalue weighted by molar-refractivity contribution is 7.99. The van der Waals surface area contributed by atoms with Crippen LogP contribution in [0.4, 0.5) is 0 Å². The van der Waals surface area contributed by atoms with Crippen LogP contribution in [-0.2, 0) is 0 Å². The van der Waals surface area contributed by atoms with E-state index in [0.717, 1.165) is 16.2 Å². The Hall–Kier alpha value is -2.60. The molecule has 4 aromatic rings. The summed E-state index contributed by atoms with van der Waals surface area (Å²) in [4.78, 5) is 27.4. The smallest absolute Gasteiger partial charge is 0.258 e. The maximum Gasteiger partial charge on any atom is 0.258 e. The summed E-state index contributed by atoms with van der Waals surface area (Å²) in [7, 11) is 0. The molecule has 2 aromatic carbocycles. The molecule has 23 heavy (non-hydrogen) atoms. The van der Waals surface area contributed by atoms with E-state index in [4.69, 9.17) is 0 Å². The summed E-state index contributed by atoms with van der Waals surface area (Å²) in [6.45, 7) is 2.00. The second kappa shape index (κ2) is 5.55. The van der Waals surface area contributed by atoms with Gasteiger partial charge in [0.15, 0.2) is 5.16 Å². The highest BCUT2D eigenvalue weighted by Crippen LogP contribution is 2.32. The fourth-order valence-corrected chi connectivity index (χ4v) is 3.38. The number of hydrogen-bond acceptors (Lipinski definition) is 4. The zero-order valence-corrected chi connectivity index (χ0v) is 13.2. The van der Waals surface area contributed by atoms with Crippen LogP contribution < -0.4 is 5.56 Å². The summed E-state index contributed by atoms with van der Waals surface area (Å²) >= 11 is 1.54. The third-order valence-electron chi connectivity index (χ3n) is 3.67. The first kappa shape index (κ1) is 14.0. The van der Waals surface area contributed by atoms with Gasteiger partial charge >= 0.3 is 0 Å². The molecular formula is C17H14N4OS. The van der Waals surface area contributed by atoms with Gasteiger partial charge in [-0.1, -0.05) is 36.0 Å². The molecule has 5 nitrogen and oxygen atoms in total. The Morgan fingerprint density at radius 1 is 0.957 bits per heavy atom. The normalized spacial score (nSPS) is 12.7. The molecule has 0 aliphatic rings. The molecule has 0 aliphatic carbocycles. The van der Waals surface area contributed by atoms with Crippen LogP contribution in [0.1, 0.15) is 18.0 Å². The minimum absolute atomic E-state index is 0.0205. The number of benzene rings is 2. The van der Waals surface area contributed by atoms with Crippen molar-refractivity contribution in [2.75, 3.05) is 0 Å². The van der Waals surface area contributed by atoms with Crippen molar-refractivity contribution in [2.24, 2.45) is 0 Å². The Balaban J connectivity index is 1.68. The van der Waals surface area contributed by atoms with Gasteiger partial charge in [-0.3, -0.25) is 4.79 Å². The van der Waals surface area contributed by atoms with E-state index in [1.54, 1.807) is 17.8 Å². The van der Waals surface area contributed by atoms with E-state index in [-0.39, 0.29) is 10.8 Å². The van der Waals surface area contributed by atoms with E-state index in [1.165, 1.54) is 0 Å². The summed E-state index contributed by atoms with van der Waals surface area (Å²) < 4.78 is 0. The van der Waals surface area contributed by atoms with Gasteiger partial charge in [0.1, 0.15) is 5.82 Å². The standard InChI is InChI=1S/C17H14N4OS/c1-10(23-17-19-13-8-4-5-9-14(13)20-17)15-18-12-7-3-2-6-11(12)16(22)21-15/h2-10H,1H3,(H,19,20)(H,18,21,22)/t10-/m1/s1. The number of H-pyrrole nitrogens is 2. The highest BCUT2D eigenvalue weighted by Gasteiger charge is 2.14. The molecule has 0 unspecified atom stereocenters. The fraction of sp³-hybridized carbons (Fsp3) is 0.118. The molecule has 114 valence electrons. The van der Waals surface area contributed by atoms with Crippen molar-refractivity contribution in [2.45, 2.75) is 17.3 Å². The largest absolute Gasteiger partial charge is 0.333 e. The first-order valence-electron chi connectivity index (χ1n) is 7.31. The molecule has 0 saturated heterocycles. The number of rotatable bonds is 3. The monoisotopic (exact) mass is 322 g/mol. The van der Waals surface area contributed by atoms with Crippen molar-refractivity contribution < 1.29 is 0 Å². The van der Waals surface area contributed by atoms with Crippen molar-refractivity contribution in [3.63, 3.8) is 0 Å². The molecule has 2 heterocycles. The first-order chi connectivity index (χ1) is 11.2. The average Bonchev–Trinajstić information content (AvgIpc) is 2.97. The van der Waals surface area contributed by atoms with Crippen LogP contribution in [0.5, 0.6) is 0 Å². The van der Waals surface area contributed by atoms with E-state index in [1.807, 2.05) is 49.4 Å². The van der Waals surface area contributed by atoms with Crippen LogP contribution in [-0.4, -0.2) is 19.9 Å².